The van der Waals surface area contributed by atoms with Crippen molar-refractivity contribution in [1.82, 2.24) is 0 Å². The number of fused-ring (bicyclic) bond motifs is 4. The maximum absolute atomic E-state index is 6.33. The second-order valence-corrected chi connectivity index (χ2v) is 8.53. The molecule has 0 radical (unpaired) electrons. The molecule has 5 rings (SSSR count). The fraction of sp³-hybridized carbons (Fsp3) is 0.182. The summed E-state index contributed by atoms with van der Waals surface area (Å²) >= 11 is 12.7. The Morgan fingerprint density at radius 1 is 0.615 bits per heavy atom. The maximum Gasteiger partial charge on any atom is 0.204 e. The molecule has 0 saturated heterocycles. The first-order valence-electron chi connectivity index (χ1n) is 9.24. The fourth-order valence-electron chi connectivity index (χ4n) is 4.78. The van der Waals surface area contributed by atoms with Crippen LogP contribution in [0.4, 0.5) is 0 Å². The second-order valence-electron chi connectivity index (χ2n) is 7.71. The Hall–Kier alpha value is -1.63. The Morgan fingerprint density at radius 2 is 1.00 bits per heavy atom. The molecule has 1 heterocycles. The maximum atomic E-state index is 6.33. The van der Waals surface area contributed by atoms with E-state index < -0.39 is 0 Å². The molecule has 1 aliphatic carbocycles. The predicted octanol–water partition coefficient (Wildman–Crippen LogP) is 3.28. The third-order valence-electron chi connectivity index (χ3n) is 6.28. The van der Waals surface area contributed by atoms with Crippen LogP contribution in [0.15, 0.2) is 48.5 Å². The van der Waals surface area contributed by atoms with Gasteiger partial charge in [-0.15, -0.1) is 0 Å². The quantitative estimate of drug-likeness (QED) is 0.414. The van der Waals surface area contributed by atoms with E-state index in [1.54, 1.807) is 0 Å². The monoisotopic (exact) mass is 374 g/mol. The lowest BCUT2D eigenvalue weighted by Crippen LogP contribution is -2.67. The molecule has 0 unspecified atom stereocenters. The summed E-state index contributed by atoms with van der Waals surface area (Å²) in [4.78, 5) is 0. The van der Waals surface area contributed by atoms with E-state index >= 15 is 0 Å². The number of hydrogen-bond donors (Lipinski definition) is 0. The minimum atomic E-state index is 0.341. The van der Waals surface area contributed by atoms with Gasteiger partial charge in [0, 0.05) is 0 Å². The van der Waals surface area contributed by atoms with Crippen molar-refractivity contribution in [1.29, 1.82) is 0 Å². The molecule has 0 atom stereocenters. The number of benzene rings is 3. The Balaban J connectivity index is 1.67. The van der Waals surface area contributed by atoms with E-state index in [-0.39, 0.29) is 0 Å². The summed E-state index contributed by atoms with van der Waals surface area (Å²) in [6.45, 7) is 5.26. The molecule has 0 amide bonds. The van der Waals surface area contributed by atoms with Crippen LogP contribution in [-0.2, 0) is 12.8 Å². The molecule has 2 aliphatic rings. The van der Waals surface area contributed by atoms with Crippen molar-refractivity contribution in [2.75, 3.05) is 0 Å². The van der Waals surface area contributed by atoms with E-state index in [1.807, 2.05) is 0 Å². The van der Waals surface area contributed by atoms with Gasteiger partial charge in [0.05, 0.1) is 10.0 Å². The minimum absolute atomic E-state index is 0.341. The van der Waals surface area contributed by atoms with Crippen LogP contribution in [0, 0.1) is 0 Å². The molecule has 0 N–H and O–H groups in total. The highest BCUT2D eigenvalue weighted by Gasteiger charge is 2.33. The zero-order chi connectivity index (χ0) is 18.0. The van der Waals surface area contributed by atoms with Gasteiger partial charge in [-0.2, -0.15) is 0 Å². The van der Waals surface area contributed by atoms with E-state index in [4.69, 9.17) is 23.2 Å². The summed E-state index contributed by atoms with van der Waals surface area (Å²) < 4.78 is 0. The summed E-state index contributed by atoms with van der Waals surface area (Å²) in [5.41, 5.74) is 11.4. The van der Waals surface area contributed by atoms with E-state index in [0.717, 1.165) is 12.8 Å². The van der Waals surface area contributed by atoms with Gasteiger partial charge in [-0.3, -0.25) is 0 Å². The molecule has 0 bridgehead atoms. The highest BCUT2D eigenvalue weighted by molar-refractivity contribution is 7.02. The van der Waals surface area contributed by atoms with Gasteiger partial charge in [-0.1, -0.05) is 95.1 Å². The average molecular weight is 375 g/mol. The highest BCUT2D eigenvalue weighted by Crippen LogP contribution is 2.27. The topological polar surface area (TPSA) is 0 Å². The van der Waals surface area contributed by atoms with Gasteiger partial charge in [0.25, 0.3) is 0 Å². The Kier molecular flexibility index (Phi) is 3.78. The van der Waals surface area contributed by atoms with Gasteiger partial charge in [0.2, 0.25) is 13.4 Å². The predicted molar refractivity (Wildman–Crippen MR) is 117 cm³/mol. The molecule has 4 heteroatoms. The Morgan fingerprint density at radius 3 is 1.42 bits per heavy atom. The van der Waals surface area contributed by atoms with Crippen LogP contribution >= 0.6 is 23.2 Å². The third kappa shape index (κ3) is 2.39. The first kappa shape index (κ1) is 16.5. The summed E-state index contributed by atoms with van der Waals surface area (Å²) in [6.07, 6.45) is 2.07. The van der Waals surface area contributed by atoms with E-state index in [2.05, 4.69) is 62.2 Å². The van der Waals surface area contributed by atoms with Crippen LogP contribution in [0.3, 0.4) is 0 Å². The van der Waals surface area contributed by atoms with Crippen LogP contribution < -0.4 is 21.9 Å². The molecule has 0 aromatic heterocycles. The molecule has 3 aromatic carbocycles. The molecular formula is C22H18B2Cl2. The summed E-state index contributed by atoms with van der Waals surface area (Å²) in [5.74, 6) is 0. The lowest BCUT2D eigenvalue weighted by atomic mass is 9.25. The Bertz CT molecular complexity index is 975. The van der Waals surface area contributed by atoms with Crippen molar-refractivity contribution in [2.24, 2.45) is 0 Å². The second kappa shape index (κ2) is 5.94. The van der Waals surface area contributed by atoms with Crippen LogP contribution in [0.5, 0.6) is 0 Å². The van der Waals surface area contributed by atoms with E-state index in [9.17, 15) is 0 Å². The number of hydrogen-bond acceptors (Lipinski definition) is 0. The fourth-order valence-corrected chi connectivity index (χ4v) is 5.13. The van der Waals surface area contributed by atoms with Gasteiger partial charge < -0.3 is 0 Å². The van der Waals surface area contributed by atoms with Gasteiger partial charge in [0.15, 0.2) is 0 Å². The first-order valence-corrected chi connectivity index (χ1v) is 9.99. The van der Waals surface area contributed by atoms with Crippen LogP contribution in [-0.4, -0.2) is 13.4 Å². The zero-order valence-electron chi connectivity index (χ0n) is 14.9. The normalized spacial score (nSPS) is 14.5. The molecular weight excluding hydrogens is 357 g/mol. The van der Waals surface area contributed by atoms with Crippen LogP contribution in [0.1, 0.15) is 22.3 Å². The smallest absolute Gasteiger partial charge is 0.0827 e. The molecule has 0 saturated carbocycles. The van der Waals surface area contributed by atoms with Crippen molar-refractivity contribution in [3.8, 4) is 0 Å². The summed E-state index contributed by atoms with van der Waals surface area (Å²) in [5, 5.41) is 1.31. The molecule has 0 fully saturated rings. The van der Waals surface area contributed by atoms with Crippen LogP contribution in [0.25, 0.3) is 0 Å². The molecule has 3 aromatic rings. The molecule has 126 valence electrons. The SMILES string of the molecule is CB1c2cc(Cl)c(Cl)cc2B(C)c2cc3c(cc21)Cc1ccccc1C3. The first-order chi connectivity index (χ1) is 12.5. The van der Waals surface area contributed by atoms with Crippen molar-refractivity contribution in [3.05, 3.63) is 80.8 Å². The standard InChI is InChI=1S/C22H18B2Cl2/c1-23-17-9-15-7-13-5-3-4-6-14(13)8-16(15)10-18(17)24(2)20-12-22(26)21(25)11-19(20)23/h3-6,9-12H,7-8H2,1-2H3. The van der Waals surface area contributed by atoms with Crippen molar-refractivity contribution in [3.63, 3.8) is 0 Å². The van der Waals surface area contributed by atoms with Crippen molar-refractivity contribution >= 4 is 58.5 Å². The zero-order valence-corrected chi connectivity index (χ0v) is 16.5. The lowest BCUT2D eigenvalue weighted by molar-refractivity contribution is 1.01. The number of halogens is 2. The van der Waals surface area contributed by atoms with E-state index in [1.165, 1.54) is 44.1 Å². The molecule has 0 spiro atoms. The largest absolute Gasteiger partial charge is 0.204 e. The summed E-state index contributed by atoms with van der Waals surface area (Å²) in [6, 6.07) is 17.9. The average Bonchev–Trinajstić information content (AvgIpc) is 2.65. The molecule has 0 nitrogen and oxygen atoms in total. The summed E-state index contributed by atoms with van der Waals surface area (Å²) in [7, 11) is 0. The minimum Gasteiger partial charge on any atom is -0.0827 e. The van der Waals surface area contributed by atoms with Gasteiger partial charge in [0.1, 0.15) is 0 Å². The van der Waals surface area contributed by atoms with Gasteiger partial charge in [-0.05, 0) is 47.2 Å². The van der Waals surface area contributed by atoms with Crippen LogP contribution in [0.2, 0.25) is 23.7 Å². The van der Waals surface area contributed by atoms with Gasteiger partial charge >= 0.3 is 0 Å². The lowest BCUT2D eigenvalue weighted by Gasteiger charge is -2.31. The Labute approximate surface area is 165 Å². The van der Waals surface area contributed by atoms with Gasteiger partial charge in [-0.25, -0.2) is 0 Å². The highest BCUT2D eigenvalue weighted by atomic mass is 35.5. The molecule has 1 aliphatic heterocycles. The van der Waals surface area contributed by atoms with Crippen molar-refractivity contribution in [2.45, 2.75) is 26.5 Å². The number of rotatable bonds is 0. The molecule has 26 heavy (non-hydrogen) atoms. The third-order valence-corrected chi connectivity index (χ3v) is 7.00. The van der Waals surface area contributed by atoms with E-state index in [0.29, 0.717) is 23.5 Å². The van der Waals surface area contributed by atoms with Crippen molar-refractivity contribution < 1.29 is 0 Å².